The van der Waals surface area contributed by atoms with Crippen LogP contribution in [0.5, 0.6) is 0 Å². The molecule has 1 N–H and O–H groups in total. The second-order valence-electron chi connectivity index (χ2n) is 5.95. The van der Waals surface area contributed by atoms with E-state index in [-0.39, 0.29) is 5.82 Å². The van der Waals surface area contributed by atoms with Gasteiger partial charge in [-0.1, -0.05) is 25.0 Å². The normalized spacial score (nSPS) is 28.3. The maximum Gasteiger partial charge on any atom is 0.146 e. The lowest BCUT2D eigenvalue weighted by molar-refractivity contribution is 0.199. The van der Waals surface area contributed by atoms with Gasteiger partial charge in [0.05, 0.1) is 11.8 Å². The van der Waals surface area contributed by atoms with Crippen molar-refractivity contribution in [2.24, 2.45) is 5.92 Å². The van der Waals surface area contributed by atoms with Crippen LogP contribution in [0, 0.1) is 11.7 Å². The molecule has 3 rings (SSSR count). The van der Waals surface area contributed by atoms with Gasteiger partial charge in [0.1, 0.15) is 5.82 Å². The number of para-hydroxylation sites is 1. The molecule has 0 aromatic heterocycles. The minimum atomic E-state index is -0.617. The molecule has 19 heavy (non-hydrogen) atoms. The Morgan fingerprint density at radius 3 is 2.84 bits per heavy atom. The van der Waals surface area contributed by atoms with Crippen molar-refractivity contribution in [3.05, 3.63) is 29.6 Å². The summed E-state index contributed by atoms with van der Waals surface area (Å²) in [5.41, 5.74) is 1.37. The quantitative estimate of drug-likeness (QED) is 0.880. The maximum atomic E-state index is 14.3. The first-order valence-corrected chi connectivity index (χ1v) is 7.41. The van der Waals surface area contributed by atoms with Gasteiger partial charge in [0.25, 0.3) is 0 Å². The molecule has 2 aliphatic rings. The molecular weight excluding hydrogens is 241 g/mol. The molecule has 1 aliphatic carbocycles. The van der Waals surface area contributed by atoms with E-state index in [4.69, 9.17) is 0 Å². The molecule has 1 saturated heterocycles. The van der Waals surface area contributed by atoms with Crippen molar-refractivity contribution < 1.29 is 9.50 Å². The first-order chi connectivity index (χ1) is 9.18. The van der Waals surface area contributed by atoms with Crippen LogP contribution in [-0.2, 0) is 0 Å². The van der Waals surface area contributed by atoms with E-state index in [1.165, 1.54) is 25.3 Å². The molecule has 1 aliphatic heterocycles. The van der Waals surface area contributed by atoms with E-state index in [1.807, 2.05) is 6.07 Å². The number of aliphatic hydroxyl groups is 1. The summed E-state index contributed by atoms with van der Waals surface area (Å²) in [6.45, 7) is 2.64. The fourth-order valence-electron chi connectivity index (χ4n) is 3.86. The monoisotopic (exact) mass is 263 g/mol. The number of aliphatic hydroxyl groups excluding tert-OH is 1. The zero-order chi connectivity index (χ0) is 13.4. The molecule has 104 valence electrons. The molecule has 3 heteroatoms. The van der Waals surface area contributed by atoms with E-state index < -0.39 is 6.10 Å². The van der Waals surface area contributed by atoms with Gasteiger partial charge >= 0.3 is 0 Å². The molecule has 0 spiro atoms. The van der Waals surface area contributed by atoms with E-state index >= 15 is 0 Å². The van der Waals surface area contributed by atoms with Crippen molar-refractivity contribution in [1.82, 2.24) is 0 Å². The third-order valence-electron chi connectivity index (χ3n) is 4.77. The van der Waals surface area contributed by atoms with Crippen LogP contribution in [0.4, 0.5) is 10.1 Å². The SMILES string of the molecule is CC(O)c1cccc(F)c1N1CCC2CCCCC21. The summed E-state index contributed by atoms with van der Waals surface area (Å²) in [5.74, 6) is 0.528. The van der Waals surface area contributed by atoms with Gasteiger partial charge < -0.3 is 10.0 Å². The van der Waals surface area contributed by atoms with E-state index in [1.54, 1.807) is 13.0 Å². The van der Waals surface area contributed by atoms with Crippen LogP contribution in [0.15, 0.2) is 18.2 Å². The Kier molecular flexibility index (Phi) is 3.48. The number of hydrogen-bond acceptors (Lipinski definition) is 2. The number of fused-ring (bicyclic) bond motifs is 1. The molecule has 1 aromatic rings. The average Bonchev–Trinajstić information content (AvgIpc) is 2.82. The average molecular weight is 263 g/mol. The molecule has 3 unspecified atom stereocenters. The molecule has 3 atom stereocenters. The predicted octanol–water partition coefficient (Wildman–Crippen LogP) is 3.65. The Hall–Kier alpha value is -1.09. The topological polar surface area (TPSA) is 23.5 Å². The number of anilines is 1. The van der Waals surface area contributed by atoms with Gasteiger partial charge in [-0.15, -0.1) is 0 Å². The van der Waals surface area contributed by atoms with Crippen LogP contribution in [-0.4, -0.2) is 17.7 Å². The van der Waals surface area contributed by atoms with Crippen molar-refractivity contribution in [2.75, 3.05) is 11.4 Å². The molecule has 1 saturated carbocycles. The lowest BCUT2D eigenvalue weighted by atomic mass is 9.85. The predicted molar refractivity (Wildman–Crippen MR) is 74.7 cm³/mol. The smallest absolute Gasteiger partial charge is 0.146 e. The summed E-state index contributed by atoms with van der Waals surface area (Å²) in [6.07, 6.45) is 5.55. The van der Waals surface area contributed by atoms with Crippen molar-refractivity contribution in [1.29, 1.82) is 0 Å². The fourth-order valence-corrected chi connectivity index (χ4v) is 3.86. The van der Waals surface area contributed by atoms with Crippen LogP contribution in [0.3, 0.4) is 0 Å². The summed E-state index contributed by atoms with van der Waals surface area (Å²) in [4.78, 5) is 2.22. The van der Waals surface area contributed by atoms with Crippen molar-refractivity contribution in [2.45, 2.75) is 51.2 Å². The van der Waals surface area contributed by atoms with E-state index in [2.05, 4.69) is 4.90 Å². The third-order valence-corrected chi connectivity index (χ3v) is 4.77. The second-order valence-corrected chi connectivity index (χ2v) is 5.95. The van der Waals surface area contributed by atoms with Gasteiger partial charge in [0.2, 0.25) is 0 Å². The molecule has 0 amide bonds. The van der Waals surface area contributed by atoms with Gasteiger partial charge in [-0.25, -0.2) is 4.39 Å². The summed E-state index contributed by atoms with van der Waals surface area (Å²) in [6, 6.07) is 5.52. The highest BCUT2D eigenvalue weighted by atomic mass is 19.1. The zero-order valence-electron chi connectivity index (χ0n) is 11.5. The largest absolute Gasteiger partial charge is 0.389 e. The second kappa shape index (κ2) is 5.12. The molecule has 1 heterocycles. The van der Waals surface area contributed by atoms with Crippen LogP contribution in [0.1, 0.15) is 50.7 Å². The first kappa shape index (κ1) is 12.9. The van der Waals surface area contributed by atoms with Crippen molar-refractivity contribution in [3.63, 3.8) is 0 Å². The summed E-state index contributed by atoms with van der Waals surface area (Å²) in [7, 11) is 0. The van der Waals surface area contributed by atoms with Gasteiger partial charge in [-0.3, -0.25) is 0 Å². The van der Waals surface area contributed by atoms with Gasteiger partial charge in [0, 0.05) is 18.2 Å². The first-order valence-electron chi connectivity index (χ1n) is 7.41. The van der Waals surface area contributed by atoms with Crippen LogP contribution in [0.2, 0.25) is 0 Å². The summed E-state index contributed by atoms with van der Waals surface area (Å²) >= 11 is 0. The highest BCUT2D eigenvalue weighted by molar-refractivity contribution is 5.57. The Labute approximate surface area is 114 Å². The summed E-state index contributed by atoms with van der Waals surface area (Å²) < 4.78 is 14.3. The third kappa shape index (κ3) is 2.25. The van der Waals surface area contributed by atoms with E-state index in [0.29, 0.717) is 11.7 Å². The molecule has 2 nitrogen and oxygen atoms in total. The lowest BCUT2D eigenvalue weighted by Gasteiger charge is -2.34. The molecular formula is C16H22FNO. The lowest BCUT2D eigenvalue weighted by Crippen LogP contribution is -2.36. The van der Waals surface area contributed by atoms with E-state index in [0.717, 1.165) is 30.9 Å². The number of hydrogen-bond donors (Lipinski definition) is 1. The number of benzene rings is 1. The molecule has 0 bridgehead atoms. The molecule has 2 fully saturated rings. The van der Waals surface area contributed by atoms with Gasteiger partial charge in [-0.05, 0) is 38.2 Å². The Morgan fingerprint density at radius 2 is 2.05 bits per heavy atom. The number of halogens is 1. The van der Waals surface area contributed by atoms with Crippen molar-refractivity contribution in [3.8, 4) is 0 Å². The van der Waals surface area contributed by atoms with Crippen LogP contribution < -0.4 is 4.90 Å². The van der Waals surface area contributed by atoms with Crippen molar-refractivity contribution >= 4 is 5.69 Å². The minimum Gasteiger partial charge on any atom is -0.389 e. The molecule has 1 aromatic carbocycles. The zero-order valence-corrected chi connectivity index (χ0v) is 11.5. The summed E-state index contributed by atoms with van der Waals surface area (Å²) in [5, 5.41) is 9.89. The van der Waals surface area contributed by atoms with E-state index in [9.17, 15) is 9.50 Å². The van der Waals surface area contributed by atoms with Crippen LogP contribution >= 0.6 is 0 Å². The Bertz CT molecular complexity index is 460. The van der Waals surface area contributed by atoms with Gasteiger partial charge in [0.15, 0.2) is 0 Å². The minimum absolute atomic E-state index is 0.190. The van der Waals surface area contributed by atoms with Crippen LogP contribution in [0.25, 0.3) is 0 Å². The highest BCUT2D eigenvalue weighted by Crippen LogP contribution is 2.41. The standard InChI is InChI=1S/C16H22FNO/c1-11(19)13-6-4-7-14(17)16(13)18-10-9-12-5-2-3-8-15(12)18/h4,6-7,11-12,15,19H,2-3,5,8-10H2,1H3. The Balaban J connectivity index is 1.97. The highest BCUT2D eigenvalue weighted by Gasteiger charge is 2.37. The number of nitrogens with zero attached hydrogens (tertiary/aromatic N) is 1. The molecule has 0 radical (unpaired) electrons. The van der Waals surface area contributed by atoms with Gasteiger partial charge in [-0.2, -0.15) is 0 Å². The number of rotatable bonds is 2. The maximum absolute atomic E-state index is 14.3. The Morgan fingerprint density at radius 1 is 1.26 bits per heavy atom. The fraction of sp³-hybridized carbons (Fsp3) is 0.625.